The molecule has 24 heavy (non-hydrogen) atoms. The molecule has 0 radical (unpaired) electrons. The molecular formula is C18H25NO5. The van der Waals surface area contributed by atoms with Crippen LogP contribution in [0.15, 0.2) is 30.4 Å². The maximum atomic E-state index is 11.5. The number of likely N-dealkylation sites (tertiary alicyclic amines) is 1. The first-order valence-corrected chi connectivity index (χ1v) is 8.00. The molecule has 1 aliphatic rings. The summed E-state index contributed by atoms with van der Waals surface area (Å²) < 4.78 is 11.2. The van der Waals surface area contributed by atoms with Gasteiger partial charge in [-0.2, -0.15) is 0 Å². The lowest BCUT2D eigenvalue weighted by Crippen LogP contribution is -2.48. The van der Waals surface area contributed by atoms with Crippen molar-refractivity contribution in [3.8, 4) is 11.5 Å². The average Bonchev–Trinajstić information content (AvgIpc) is 2.54. The van der Waals surface area contributed by atoms with Crippen molar-refractivity contribution in [3.63, 3.8) is 0 Å². The number of carboxylic acid groups (broad SMARTS) is 1. The number of methoxy groups -OCH3 is 1. The van der Waals surface area contributed by atoms with E-state index in [0.717, 1.165) is 11.1 Å². The van der Waals surface area contributed by atoms with Gasteiger partial charge in [0.2, 0.25) is 0 Å². The van der Waals surface area contributed by atoms with Gasteiger partial charge >= 0.3 is 5.97 Å². The number of aliphatic hydroxyl groups is 1. The van der Waals surface area contributed by atoms with Crippen molar-refractivity contribution >= 4 is 5.97 Å². The number of aliphatic carboxylic acids is 1. The molecule has 0 bridgehead atoms. The predicted molar refractivity (Wildman–Crippen MR) is 90.4 cm³/mol. The Morgan fingerprint density at radius 2 is 2.21 bits per heavy atom. The van der Waals surface area contributed by atoms with Crippen LogP contribution in [0.25, 0.3) is 0 Å². The van der Waals surface area contributed by atoms with Gasteiger partial charge < -0.3 is 19.7 Å². The molecule has 2 atom stereocenters. The second-order valence-corrected chi connectivity index (χ2v) is 6.20. The molecule has 1 saturated heterocycles. The molecule has 1 fully saturated rings. The van der Waals surface area contributed by atoms with Crippen LogP contribution < -0.4 is 9.47 Å². The first kappa shape index (κ1) is 18.3. The molecule has 6 nitrogen and oxygen atoms in total. The predicted octanol–water partition coefficient (Wildman–Crippen LogP) is 2.06. The highest BCUT2D eigenvalue weighted by molar-refractivity contribution is 5.73. The van der Waals surface area contributed by atoms with E-state index in [9.17, 15) is 15.0 Å². The second kappa shape index (κ2) is 8.17. The summed E-state index contributed by atoms with van der Waals surface area (Å²) in [4.78, 5) is 13.4. The summed E-state index contributed by atoms with van der Waals surface area (Å²) in [5, 5.41) is 19.2. The Hall–Kier alpha value is -2.05. The summed E-state index contributed by atoms with van der Waals surface area (Å²) in [5.41, 5.74) is 1.75. The summed E-state index contributed by atoms with van der Waals surface area (Å²) in [6.45, 7) is 7.03. The third-order valence-electron chi connectivity index (χ3n) is 4.09. The van der Waals surface area contributed by atoms with Gasteiger partial charge in [0.05, 0.1) is 13.2 Å². The molecule has 0 amide bonds. The van der Waals surface area contributed by atoms with Crippen molar-refractivity contribution in [1.82, 2.24) is 4.90 Å². The zero-order chi connectivity index (χ0) is 17.7. The molecule has 0 unspecified atom stereocenters. The van der Waals surface area contributed by atoms with Crippen molar-refractivity contribution < 1.29 is 24.5 Å². The van der Waals surface area contributed by atoms with Crippen molar-refractivity contribution in [2.45, 2.75) is 38.5 Å². The minimum atomic E-state index is -0.916. The molecule has 132 valence electrons. The Morgan fingerprint density at radius 1 is 1.46 bits per heavy atom. The topological polar surface area (TPSA) is 79.2 Å². The number of nitrogens with zero attached hydrogens (tertiary/aromatic N) is 1. The van der Waals surface area contributed by atoms with Crippen LogP contribution in [0.3, 0.4) is 0 Å². The molecule has 0 aromatic heterocycles. The molecule has 0 aliphatic carbocycles. The Morgan fingerprint density at radius 3 is 2.83 bits per heavy atom. The number of carbonyl (C=O) groups is 1. The van der Waals surface area contributed by atoms with Crippen LogP contribution in [0.2, 0.25) is 0 Å². The summed E-state index contributed by atoms with van der Waals surface area (Å²) in [6.07, 6.45) is 0.239. The van der Waals surface area contributed by atoms with Crippen LogP contribution in [-0.2, 0) is 11.3 Å². The van der Waals surface area contributed by atoms with Gasteiger partial charge in [-0.25, -0.2) is 0 Å². The molecule has 1 heterocycles. The van der Waals surface area contributed by atoms with Crippen molar-refractivity contribution in [3.05, 3.63) is 35.9 Å². The minimum Gasteiger partial charge on any atom is -0.493 e. The van der Waals surface area contributed by atoms with E-state index >= 15 is 0 Å². The zero-order valence-electron chi connectivity index (χ0n) is 14.2. The zero-order valence-corrected chi connectivity index (χ0v) is 14.2. The van der Waals surface area contributed by atoms with E-state index in [1.807, 2.05) is 30.0 Å². The van der Waals surface area contributed by atoms with Gasteiger partial charge in [-0.15, -0.1) is 0 Å². The molecule has 1 aliphatic heterocycles. The third-order valence-corrected chi connectivity index (χ3v) is 4.09. The van der Waals surface area contributed by atoms with E-state index < -0.39 is 18.1 Å². The van der Waals surface area contributed by atoms with E-state index in [1.165, 1.54) is 0 Å². The fourth-order valence-corrected chi connectivity index (χ4v) is 2.87. The van der Waals surface area contributed by atoms with E-state index in [1.54, 1.807) is 7.11 Å². The number of hydrogen-bond acceptors (Lipinski definition) is 5. The summed E-state index contributed by atoms with van der Waals surface area (Å²) in [6, 6.07) is 4.87. The fourth-order valence-electron chi connectivity index (χ4n) is 2.87. The van der Waals surface area contributed by atoms with Crippen LogP contribution in [0.4, 0.5) is 0 Å². The smallest absolute Gasteiger partial charge is 0.321 e. The Balaban J connectivity index is 2.24. The van der Waals surface area contributed by atoms with Gasteiger partial charge in [0.15, 0.2) is 11.5 Å². The van der Waals surface area contributed by atoms with Gasteiger partial charge in [0.1, 0.15) is 12.6 Å². The normalized spacial score (nSPS) is 21.3. The van der Waals surface area contributed by atoms with E-state index in [2.05, 4.69) is 6.58 Å². The molecule has 1 aromatic rings. The number of piperidine rings is 1. The fraction of sp³-hybridized carbons (Fsp3) is 0.500. The number of carboxylic acids is 1. The van der Waals surface area contributed by atoms with E-state index in [0.29, 0.717) is 37.6 Å². The highest BCUT2D eigenvalue weighted by Crippen LogP contribution is 2.33. The number of rotatable bonds is 7. The quantitative estimate of drug-likeness (QED) is 0.743. The van der Waals surface area contributed by atoms with Crippen LogP contribution >= 0.6 is 0 Å². The lowest BCUT2D eigenvalue weighted by Gasteiger charge is -2.35. The maximum Gasteiger partial charge on any atom is 0.321 e. The number of hydrogen-bond donors (Lipinski definition) is 2. The van der Waals surface area contributed by atoms with Crippen LogP contribution in [0, 0.1) is 0 Å². The summed E-state index contributed by atoms with van der Waals surface area (Å²) >= 11 is 0. The molecule has 2 N–H and O–H groups in total. The van der Waals surface area contributed by atoms with E-state index in [4.69, 9.17) is 9.47 Å². The van der Waals surface area contributed by atoms with Gasteiger partial charge in [-0.3, -0.25) is 9.69 Å². The Kier molecular flexibility index (Phi) is 6.23. The largest absolute Gasteiger partial charge is 0.493 e. The molecule has 6 heteroatoms. The molecule has 2 rings (SSSR count). The molecule has 0 spiro atoms. The monoisotopic (exact) mass is 335 g/mol. The molecular weight excluding hydrogens is 310 g/mol. The third kappa shape index (κ3) is 4.49. The van der Waals surface area contributed by atoms with Crippen LogP contribution in [0.1, 0.15) is 25.3 Å². The molecule has 0 saturated carbocycles. The first-order valence-electron chi connectivity index (χ1n) is 8.00. The SMILES string of the molecule is C=C(C)COc1c(CN2CC[C@H](O)C[C@@H]2C(=O)O)cccc1OC. The highest BCUT2D eigenvalue weighted by atomic mass is 16.5. The van der Waals surface area contributed by atoms with Crippen LogP contribution in [0.5, 0.6) is 11.5 Å². The van der Waals surface area contributed by atoms with Crippen LogP contribution in [-0.4, -0.2) is 53.5 Å². The van der Waals surface area contributed by atoms with Gasteiger partial charge in [0.25, 0.3) is 0 Å². The number of para-hydroxylation sites is 1. The highest BCUT2D eigenvalue weighted by Gasteiger charge is 2.33. The number of benzene rings is 1. The molecule has 1 aromatic carbocycles. The minimum absolute atomic E-state index is 0.237. The van der Waals surface area contributed by atoms with Crippen molar-refractivity contribution in [1.29, 1.82) is 0 Å². The Bertz CT molecular complexity index is 601. The second-order valence-electron chi connectivity index (χ2n) is 6.20. The lowest BCUT2D eigenvalue weighted by molar-refractivity contribution is -0.147. The average molecular weight is 335 g/mol. The summed E-state index contributed by atoms with van der Waals surface area (Å²) in [7, 11) is 1.57. The first-order chi connectivity index (χ1) is 11.4. The standard InChI is InChI=1S/C18H25NO5/c1-12(2)11-24-17-13(5-4-6-16(17)23-3)10-19-8-7-14(20)9-15(19)18(21)22/h4-6,14-15,20H,1,7-11H2,2-3H3,(H,21,22)/t14-,15+/m0/s1. The number of aliphatic hydroxyl groups excluding tert-OH is 1. The van der Waals surface area contributed by atoms with Gasteiger partial charge in [-0.1, -0.05) is 18.7 Å². The van der Waals surface area contributed by atoms with E-state index in [-0.39, 0.29) is 6.42 Å². The Labute approximate surface area is 142 Å². The van der Waals surface area contributed by atoms with Gasteiger partial charge in [0, 0.05) is 18.7 Å². The summed E-state index contributed by atoms with van der Waals surface area (Å²) in [5.74, 6) is 0.303. The number of ether oxygens (including phenoxy) is 2. The van der Waals surface area contributed by atoms with Crippen molar-refractivity contribution in [2.24, 2.45) is 0 Å². The lowest BCUT2D eigenvalue weighted by atomic mass is 9.98. The maximum absolute atomic E-state index is 11.5. The van der Waals surface area contributed by atoms with Crippen molar-refractivity contribution in [2.75, 3.05) is 20.3 Å². The van der Waals surface area contributed by atoms with Gasteiger partial charge in [-0.05, 0) is 31.4 Å².